The van der Waals surface area contributed by atoms with Crippen molar-refractivity contribution in [3.63, 3.8) is 0 Å². The molecule has 0 atom stereocenters. The number of aryl methyl sites for hydroxylation is 1. The average Bonchev–Trinajstić information content (AvgIpc) is 2.71. The molecule has 0 amide bonds. The Morgan fingerprint density at radius 1 is 1.41 bits per heavy atom. The van der Waals surface area contributed by atoms with Crippen LogP contribution >= 0.6 is 27.3 Å². The summed E-state index contributed by atoms with van der Waals surface area (Å²) in [7, 11) is 0. The molecule has 90 valence electrons. The van der Waals surface area contributed by atoms with Gasteiger partial charge >= 0.3 is 0 Å². The lowest BCUT2D eigenvalue weighted by atomic mass is 10.2. The number of nitrogens with one attached hydrogen (secondary N) is 1. The minimum absolute atomic E-state index is 0.307. The van der Waals surface area contributed by atoms with E-state index in [2.05, 4.69) is 26.2 Å². The van der Waals surface area contributed by atoms with Crippen molar-refractivity contribution in [2.24, 2.45) is 0 Å². The van der Waals surface area contributed by atoms with Gasteiger partial charge in [-0.25, -0.2) is 4.98 Å². The maximum absolute atomic E-state index is 9.81. The van der Waals surface area contributed by atoms with Crippen molar-refractivity contribution in [2.75, 3.05) is 0 Å². The number of benzene rings is 1. The number of phenols is 1. The van der Waals surface area contributed by atoms with Gasteiger partial charge in [0.1, 0.15) is 5.75 Å². The molecule has 2 N–H and O–H groups in total. The fourth-order valence-corrected chi connectivity index (χ4v) is 2.66. The molecule has 0 fully saturated rings. The Hall–Kier alpha value is -0.910. The largest absolute Gasteiger partial charge is 0.506 e. The Morgan fingerprint density at radius 2 is 2.24 bits per heavy atom. The fourth-order valence-electron chi connectivity index (χ4n) is 1.51. The predicted molar refractivity (Wildman–Crippen MR) is 73.2 cm³/mol. The van der Waals surface area contributed by atoms with Crippen LogP contribution < -0.4 is 5.32 Å². The second-order valence-corrected chi connectivity index (χ2v) is 5.51. The number of hydrogen-bond donors (Lipinski definition) is 2. The van der Waals surface area contributed by atoms with Gasteiger partial charge in [-0.15, -0.1) is 11.3 Å². The van der Waals surface area contributed by atoms with Crippen molar-refractivity contribution in [2.45, 2.75) is 20.0 Å². The van der Waals surface area contributed by atoms with Crippen LogP contribution in [-0.2, 0) is 13.1 Å². The van der Waals surface area contributed by atoms with Gasteiger partial charge in [-0.3, -0.25) is 0 Å². The molecule has 3 nitrogen and oxygen atoms in total. The SMILES string of the molecule is Cc1ncsc1CNCc1cccc(Br)c1O. The summed E-state index contributed by atoms with van der Waals surface area (Å²) in [4.78, 5) is 5.43. The third kappa shape index (κ3) is 3.06. The first-order valence-corrected chi connectivity index (χ1v) is 6.92. The number of hydrogen-bond acceptors (Lipinski definition) is 4. The minimum Gasteiger partial charge on any atom is -0.506 e. The zero-order valence-corrected chi connectivity index (χ0v) is 11.8. The average molecular weight is 313 g/mol. The smallest absolute Gasteiger partial charge is 0.134 e. The minimum atomic E-state index is 0.307. The standard InChI is InChI=1S/C12H13BrN2OS/c1-8-11(17-7-15-8)6-14-5-9-3-2-4-10(13)12(9)16/h2-4,7,14,16H,5-6H2,1H3. The molecule has 17 heavy (non-hydrogen) atoms. The summed E-state index contributed by atoms with van der Waals surface area (Å²) in [6, 6.07) is 5.65. The highest BCUT2D eigenvalue weighted by atomic mass is 79.9. The highest BCUT2D eigenvalue weighted by Crippen LogP contribution is 2.27. The number of phenolic OH excluding ortho intramolecular Hbond substituents is 1. The van der Waals surface area contributed by atoms with Gasteiger partial charge in [0.25, 0.3) is 0 Å². The van der Waals surface area contributed by atoms with Crippen molar-refractivity contribution < 1.29 is 5.11 Å². The highest BCUT2D eigenvalue weighted by molar-refractivity contribution is 9.10. The Kier molecular flexibility index (Phi) is 4.15. The quantitative estimate of drug-likeness (QED) is 0.911. The van der Waals surface area contributed by atoms with Gasteiger partial charge in [-0.05, 0) is 28.9 Å². The number of nitrogens with zero attached hydrogens (tertiary/aromatic N) is 1. The van der Waals surface area contributed by atoms with Crippen LogP contribution in [0.5, 0.6) is 5.75 Å². The zero-order valence-electron chi connectivity index (χ0n) is 9.40. The first-order chi connectivity index (χ1) is 8.18. The second kappa shape index (κ2) is 5.62. The molecule has 2 aromatic rings. The van der Waals surface area contributed by atoms with Gasteiger partial charge in [-0.2, -0.15) is 0 Å². The van der Waals surface area contributed by atoms with E-state index < -0.39 is 0 Å². The summed E-state index contributed by atoms with van der Waals surface area (Å²) in [6.45, 7) is 3.43. The summed E-state index contributed by atoms with van der Waals surface area (Å²) in [6.07, 6.45) is 0. The van der Waals surface area contributed by atoms with Crippen LogP contribution in [0.4, 0.5) is 0 Å². The Bertz CT molecular complexity index is 513. The molecular weight excluding hydrogens is 300 g/mol. The molecule has 0 aliphatic heterocycles. The van der Waals surface area contributed by atoms with Crippen molar-refractivity contribution in [1.29, 1.82) is 0 Å². The van der Waals surface area contributed by atoms with Crippen LogP contribution in [0.15, 0.2) is 28.2 Å². The Balaban J connectivity index is 1.95. The summed E-state index contributed by atoms with van der Waals surface area (Å²) >= 11 is 4.95. The van der Waals surface area contributed by atoms with Crippen LogP contribution in [0.2, 0.25) is 0 Å². The van der Waals surface area contributed by atoms with Gasteiger partial charge in [0.15, 0.2) is 0 Å². The molecule has 0 saturated heterocycles. The monoisotopic (exact) mass is 312 g/mol. The normalized spacial score (nSPS) is 10.7. The molecule has 1 aromatic carbocycles. The fraction of sp³-hybridized carbons (Fsp3) is 0.250. The van der Waals surface area contributed by atoms with E-state index in [9.17, 15) is 5.11 Å². The van der Waals surface area contributed by atoms with Crippen molar-refractivity contribution >= 4 is 27.3 Å². The van der Waals surface area contributed by atoms with Crippen LogP contribution in [0.3, 0.4) is 0 Å². The maximum Gasteiger partial charge on any atom is 0.134 e. The van der Waals surface area contributed by atoms with Gasteiger partial charge in [-0.1, -0.05) is 12.1 Å². The maximum atomic E-state index is 9.81. The van der Waals surface area contributed by atoms with Crippen LogP contribution in [0.1, 0.15) is 16.1 Å². The molecule has 0 radical (unpaired) electrons. The number of aromatic hydroxyl groups is 1. The number of thiazole rings is 1. The van der Waals surface area contributed by atoms with E-state index in [1.54, 1.807) is 11.3 Å². The Labute approximate surface area is 113 Å². The number of aromatic nitrogens is 1. The van der Waals surface area contributed by atoms with E-state index >= 15 is 0 Å². The van der Waals surface area contributed by atoms with Crippen LogP contribution in [0, 0.1) is 6.92 Å². The third-order valence-electron chi connectivity index (χ3n) is 2.52. The summed E-state index contributed by atoms with van der Waals surface area (Å²) in [5, 5.41) is 13.1. The van der Waals surface area contributed by atoms with E-state index in [0.29, 0.717) is 12.3 Å². The first-order valence-electron chi connectivity index (χ1n) is 5.24. The molecule has 0 unspecified atom stereocenters. The molecule has 1 heterocycles. The predicted octanol–water partition coefficient (Wildman–Crippen LogP) is 3.21. The lowest BCUT2D eigenvalue weighted by molar-refractivity contribution is 0.461. The third-order valence-corrected chi connectivity index (χ3v) is 4.09. The topological polar surface area (TPSA) is 45.2 Å². The summed E-state index contributed by atoms with van der Waals surface area (Å²) in [5.74, 6) is 0.307. The van der Waals surface area contributed by atoms with E-state index in [1.807, 2.05) is 30.6 Å². The van der Waals surface area contributed by atoms with E-state index in [4.69, 9.17) is 0 Å². The van der Waals surface area contributed by atoms with Gasteiger partial charge in [0.05, 0.1) is 15.7 Å². The van der Waals surface area contributed by atoms with E-state index in [1.165, 1.54) is 4.88 Å². The molecule has 0 aliphatic carbocycles. The second-order valence-electron chi connectivity index (χ2n) is 3.71. The Morgan fingerprint density at radius 3 is 2.94 bits per heavy atom. The molecule has 1 aromatic heterocycles. The molecular formula is C12H13BrN2OS. The highest BCUT2D eigenvalue weighted by Gasteiger charge is 2.05. The van der Waals surface area contributed by atoms with Crippen molar-refractivity contribution in [3.05, 3.63) is 44.3 Å². The molecule has 0 aliphatic rings. The number of para-hydroxylation sites is 1. The van der Waals surface area contributed by atoms with Crippen molar-refractivity contribution in [1.82, 2.24) is 10.3 Å². The van der Waals surface area contributed by atoms with E-state index in [-0.39, 0.29) is 0 Å². The molecule has 0 spiro atoms. The van der Waals surface area contributed by atoms with Gasteiger partial charge in [0, 0.05) is 23.5 Å². The van der Waals surface area contributed by atoms with Crippen LogP contribution in [-0.4, -0.2) is 10.1 Å². The number of halogens is 1. The molecule has 2 rings (SSSR count). The zero-order chi connectivity index (χ0) is 12.3. The first kappa shape index (κ1) is 12.5. The van der Waals surface area contributed by atoms with E-state index in [0.717, 1.165) is 22.3 Å². The lowest BCUT2D eigenvalue weighted by Crippen LogP contribution is -2.12. The van der Waals surface area contributed by atoms with Crippen LogP contribution in [0.25, 0.3) is 0 Å². The molecule has 5 heteroatoms. The van der Waals surface area contributed by atoms with Gasteiger partial charge in [0.2, 0.25) is 0 Å². The van der Waals surface area contributed by atoms with Crippen molar-refractivity contribution in [3.8, 4) is 5.75 Å². The molecule has 0 bridgehead atoms. The number of rotatable bonds is 4. The molecule has 0 saturated carbocycles. The summed E-state index contributed by atoms with van der Waals surface area (Å²) in [5.41, 5.74) is 3.81. The summed E-state index contributed by atoms with van der Waals surface area (Å²) < 4.78 is 0.728. The lowest BCUT2D eigenvalue weighted by Gasteiger charge is -2.07. The van der Waals surface area contributed by atoms with Gasteiger partial charge < -0.3 is 10.4 Å².